The van der Waals surface area contributed by atoms with Gasteiger partial charge < -0.3 is 4.74 Å². The van der Waals surface area contributed by atoms with Crippen LogP contribution in [0.3, 0.4) is 0 Å². The fraction of sp³-hybridized carbons (Fsp3) is 0.812. The molecule has 4 saturated carbocycles. The highest BCUT2D eigenvalue weighted by molar-refractivity contribution is 5.23. The number of hydrogen-bond donors (Lipinski definition) is 0. The summed E-state index contributed by atoms with van der Waals surface area (Å²) in [6.45, 7) is 2.15. The van der Waals surface area contributed by atoms with Gasteiger partial charge in [0.15, 0.2) is 17.5 Å². The first-order valence-corrected chi connectivity index (χ1v) is 15.4. The van der Waals surface area contributed by atoms with Crippen LogP contribution in [-0.4, -0.2) is 12.2 Å². The molecule has 0 spiro atoms. The average molecular weight is 541 g/mol. The standard InChI is InChI=1S/C32H45F5O/c1-20-2-14-27(15-3-20)32(36,37)38-28-16-12-24(13-17-28)23-6-4-21(5-7-23)22-8-10-25(11-9-22)26-18-29(33)31(35)30(34)19-26/h18-25,27-28H,2-17H2,1H3. The lowest BCUT2D eigenvalue weighted by Gasteiger charge is -2.42. The summed E-state index contributed by atoms with van der Waals surface area (Å²) in [5.41, 5.74) is 0.592. The Balaban J connectivity index is 1.02. The van der Waals surface area contributed by atoms with Crippen molar-refractivity contribution in [3.63, 3.8) is 0 Å². The molecule has 0 atom stereocenters. The van der Waals surface area contributed by atoms with Crippen molar-refractivity contribution in [2.45, 2.75) is 128 Å². The van der Waals surface area contributed by atoms with E-state index in [0.717, 1.165) is 64.2 Å². The van der Waals surface area contributed by atoms with Crippen molar-refractivity contribution in [2.75, 3.05) is 0 Å². The molecule has 6 heteroatoms. The third-order valence-corrected chi connectivity index (χ3v) is 10.9. The van der Waals surface area contributed by atoms with Gasteiger partial charge in [-0.25, -0.2) is 13.2 Å². The summed E-state index contributed by atoms with van der Waals surface area (Å²) in [7, 11) is 0. The first-order valence-electron chi connectivity index (χ1n) is 15.4. The molecule has 0 bridgehead atoms. The first kappa shape index (κ1) is 28.4. The smallest absolute Gasteiger partial charge is 0.317 e. The van der Waals surface area contributed by atoms with Crippen LogP contribution >= 0.6 is 0 Å². The molecule has 4 aliphatic carbocycles. The van der Waals surface area contributed by atoms with Gasteiger partial charge >= 0.3 is 6.11 Å². The van der Waals surface area contributed by atoms with E-state index in [4.69, 9.17) is 4.74 Å². The maximum Gasteiger partial charge on any atom is 0.358 e. The number of rotatable bonds is 6. The highest BCUT2D eigenvalue weighted by atomic mass is 19.3. The van der Waals surface area contributed by atoms with Crippen molar-refractivity contribution in [1.82, 2.24) is 0 Å². The number of alkyl halides is 2. The van der Waals surface area contributed by atoms with Crippen LogP contribution in [-0.2, 0) is 4.74 Å². The highest BCUT2D eigenvalue weighted by Crippen LogP contribution is 2.48. The monoisotopic (exact) mass is 540 g/mol. The second-order valence-electron chi connectivity index (χ2n) is 13.3. The molecule has 0 aromatic heterocycles. The van der Waals surface area contributed by atoms with Gasteiger partial charge in [0, 0.05) is 0 Å². The predicted octanol–water partition coefficient (Wildman–Crippen LogP) is 10.2. The van der Waals surface area contributed by atoms with Gasteiger partial charge in [0.25, 0.3) is 0 Å². The van der Waals surface area contributed by atoms with Gasteiger partial charge in [0.1, 0.15) is 0 Å². The minimum absolute atomic E-state index is 0.110. The summed E-state index contributed by atoms with van der Waals surface area (Å²) in [6, 6.07) is 2.35. The van der Waals surface area contributed by atoms with E-state index < -0.39 is 29.5 Å². The minimum Gasteiger partial charge on any atom is -0.317 e. The molecule has 1 aromatic carbocycles. The number of benzene rings is 1. The SMILES string of the molecule is CC1CCC(C(F)(F)OC2CCC(C3CCC(C4CCC(c5cc(F)c(F)c(F)c5)CC4)CC3)CC2)CC1. The van der Waals surface area contributed by atoms with Crippen molar-refractivity contribution in [2.24, 2.45) is 35.5 Å². The summed E-state index contributed by atoms with van der Waals surface area (Å²) in [5.74, 6) is -0.788. The van der Waals surface area contributed by atoms with Gasteiger partial charge in [0.2, 0.25) is 0 Å². The third kappa shape index (κ3) is 6.58. The molecule has 0 heterocycles. The lowest BCUT2D eigenvalue weighted by molar-refractivity contribution is -0.302. The Kier molecular flexibility index (Phi) is 9.06. The van der Waals surface area contributed by atoms with Crippen LogP contribution in [0.2, 0.25) is 0 Å². The van der Waals surface area contributed by atoms with Crippen molar-refractivity contribution in [3.8, 4) is 0 Å². The van der Waals surface area contributed by atoms with Crippen LogP contribution < -0.4 is 0 Å². The topological polar surface area (TPSA) is 9.23 Å². The molecule has 0 aliphatic heterocycles. The van der Waals surface area contributed by atoms with Crippen LogP contribution in [0.25, 0.3) is 0 Å². The summed E-state index contributed by atoms with van der Waals surface area (Å²) in [4.78, 5) is 0. The third-order valence-electron chi connectivity index (χ3n) is 10.9. The van der Waals surface area contributed by atoms with E-state index in [0.29, 0.717) is 48.0 Å². The molecule has 214 valence electrons. The molecule has 0 unspecified atom stereocenters. The van der Waals surface area contributed by atoms with Crippen molar-refractivity contribution < 1.29 is 26.7 Å². The molecule has 4 aliphatic rings. The number of halogens is 5. The average Bonchev–Trinajstić information content (AvgIpc) is 2.92. The van der Waals surface area contributed by atoms with Crippen LogP contribution in [0.4, 0.5) is 22.0 Å². The fourth-order valence-corrected chi connectivity index (χ4v) is 8.42. The Morgan fingerprint density at radius 3 is 1.50 bits per heavy atom. The number of ether oxygens (including phenoxy) is 1. The van der Waals surface area contributed by atoms with Crippen molar-refractivity contribution in [3.05, 3.63) is 35.1 Å². The molecule has 38 heavy (non-hydrogen) atoms. The van der Waals surface area contributed by atoms with E-state index in [1.54, 1.807) is 0 Å². The molecule has 5 rings (SSSR count). The van der Waals surface area contributed by atoms with Crippen LogP contribution in [0, 0.1) is 53.0 Å². The van der Waals surface area contributed by atoms with E-state index in [2.05, 4.69) is 6.92 Å². The largest absolute Gasteiger partial charge is 0.358 e. The van der Waals surface area contributed by atoms with E-state index in [9.17, 15) is 22.0 Å². The summed E-state index contributed by atoms with van der Waals surface area (Å²) >= 11 is 0. The van der Waals surface area contributed by atoms with Crippen molar-refractivity contribution in [1.29, 1.82) is 0 Å². The van der Waals surface area contributed by atoms with Gasteiger partial charge in [-0.2, -0.15) is 8.78 Å². The summed E-state index contributed by atoms with van der Waals surface area (Å²) in [6.07, 6.45) is 12.1. The summed E-state index contributed by atoms with van der Waals surface area (Å²) in [5, 5.41) is 0. The molecule has 0 N–H and O–H groups in total. The normalized spacial score (nSPS) is 37.2. The van der Waals surface area contributed by atoms with E-state index in [1.807, 2.05) is 0 Å². The maximum absolute atomic E-state index is 14.8. The quantitative estimate of drug-likeness (QED) is 0.258. The molecule has 1 nitrogen and oxygen atoms in total. The zero-order chi connectivity index (χ0) is 26.9. The Hall–Kier alpha value is -1.17. The second-order valence-corrected chi connectivity index (χ2v) is 13.3. The van der Waals surface area contributed by atoms with E-state index in [-0.39, 0.29) is 12.0 Å². The lowest BCUT2D eigenvalue weighted by atomic mass is 9.65. The Morgan fingerprint density at radius 2 is 1.03 bits per heavy atom. The zero-order valence-electron chi connectivity index (χ0n) is 22.9. The van der Waals surface area contributed by atoms with Gasteiger partial charge in [-0.15, -0.1) is 0 Å². The molecule has 0 amide bonds. The van der Waals surface area contributed by atoms with E-state index >= 15 is 0 Å². The maximum atomic E-state index is 14.8. The zero-order valence-corrected chi connectivity index (χ0v) is 22.9. The molecule has 0 saturated heterocycles. The first-order chi connectivity index (χ1) is 18.2. The van der Waals surface area contributed by atoms with Gasteiger partial charge in [-0.05, 0) is 143 Å². The van der Waals surface area contributed by atoms with Crippen LogP contribution in [0.5, 0.6) is 0 Å². The molecule has 1 aromatic rings. The Labute approximate surface area is 225 Å². The van der Waals surface area contributed by atoms with Crippen molar-refractivity contribution >= 4 is 0 Å². The van der Waals surface area contributed by atoms with Gasteiger partial charge in [-0.3, -0.25) is 0 Å². The second kappa shape index (κ2) is 12.1. The van der Waals surface area contributed by atoms with Gasteiger partial charge in [0.05, 0.1) is 12.0 Å². The van der Waals surface area contributed by atoms with Gasteiger partial charge in [-0.1, -0.05) is 19.8 Å². The molecular formula is C32H45F5O. The Bertz CT molecular complexity index is 879. The predicted molar refractivity (Wildman–Crippen MR) is 139 cm³/mol. The van der Waals surface area contributed by atoms with Crippen LogP contribution in [0.1, 0.15) is 121 Å². The fourth-order valence-electron chi connectivity index (χ4n) is 8.42. The number of hydrogen-bond acceptors (Lipinski definition) is 1. The van der Waals surface area contributed by atoms with Crippen LogP contribution in [0.15, 0.2) is 12.1 Å². The summed E-state index contributed by atoms with van der Waals surface area (Å²) < 4.78 is 75.7. The lowest BCUT2D eigenvalue weighted by Crippen LogP contribution is -2.39. The minimum atomic E-state index is -2.98. The highest BCUT2D eigenvalue weighted by Gasteiger charge is 2.45. The molecule has 0 radical (unpaired) electrons. The Morgan fingerprint density at radius 1 is 0.605 bits per heavy atom. The van der Waals surface area contributed by atoms with E-state index in [1.165, 1.54) is 37.8 Å². The molecule has 4 fully saturated rings. The molecular weight excluding hydrogens is 495 g/mol.